The first-order valence-corrected chi connectivity index (χ1v) is 7.09. The third-order valence-corrected chi connectivity index (χ3v) is 3.25. The number of carbonyl (C=O) groups excluding carboxylic acids is 1. The lowest BCUT2D eigenvalue weighted by Crippen LogP contribution is -2.37. The summed E-state index contributed by atoms with van der Waals surface area (Å²) in [5.41, 5.74) is 0.735. The van der Waals surface area contributed by atoms with Crippen LogP contribution in [0.2, 0.25) is 0 Å². The van der Waals surface area contributed by atoms with Crippen LogP contribution in [0.1, 0.15) is 18.9 Å². The van der Waals surface area contributed by atoms with E-state index in [1.54, 1.807) is 6.07 Å². The maximum absolute atomic E-state index is 12.2. The van der Waals surface area contributed by atoms with E-state index in [-0.39, 0.29) is 18.9 Å². The molecule has 6 heteroatoms. The molecule has 1 aromatic carbocycles. The van der Waals surface area contributed by atoms with Crippen molar-refractivity contribution < 1.29 is 19.4 Å². The van der Waals surface area contributed by atoms with Crippen LogP contribution < -0.4 is 4.74 Å². The minimum atomic E-state index is -1.01. The van der Waals surface area contributed by atoms with Crippen molar-refractivity contribution >= 4 is 27.8 Å². The number of carboxylic acid groups (broad SMARTS) is 1. The van der Waals surface area contributed by atoms with Gasteiger partial charge in [0, 0.05) is 16.6 Å². The van der Waals surface area contributed by atoms with Crippen LogP contribution in [0.3, 0.4) is 0 Å². The van der Waals surface area contributed by atoms with E-state index in [1.807, 2.05) is 19.1 Å². The third kappa shape index (κ3) is 4.85. The Kier molecular flexibility index (Phi) is 6.51. The zero-order valence-electron chi connectivity index (χ0n) is 11.6. The second-order valence-corrected chi connectivity index (χ2v) is 5.26. The summed E-state index contributed by atoms with van der Waals surface area (Å²) in [4.78, 5) is 24.4. The number of rotatable bonds is 7. The van der Waals surface area contributed by atoms with Gasteiger partial charge in [0.05, 0.1) is 13.5 Å². The fourth-order valence-electron chi connectivity index (χ4n) is 1.89. The number of carboxylic acids is 1. The largest absolute Gasteiger partial charge is 0.496 e. The van der Waals surface area contributed by atoms with Gasteiger partial charge in [0.2, 0.25) is 5.91 Å². The van der Waals surface area contributed by atoms with Crippen molar-refractivity contribution in [1.29, 1.82) is 0 Å². The number of hydrogen-bond donors (Lipinski definition) is 1. The molecule has 1 N–H and O–H groups in total. The molecule has 1 aromatic rings. The van der Waals surface area contributed by atoms with Crippen molar-refractivity contribution in [3.8, 4) is 5.75 Å². The first kappa shape index (κ1) is 16.5. The molecule has 0 saturated heterocycles. The maximum Gasteiger partial charge on any atom is 0.323 e. The summed E-state index contributed by atoms with van der Waals surface area (Å²) in [6.07, 6.45) is 0.838. The van der Waals surface area contributed by atoms with E-state index in [2.05, 4.69) is 15.9 Å². The highest BCUT2D eigenvalue weighted by Gasteiger charge is 2.18. The number of amides is 1. The van der Waals surface area contributed by atoms with Crippen molar-refractivity contribution in [3.05, 3.63) is 28.2 Å². The summed E-state index contributed by atoms with van der Waals surface area (Å²) < 4.78 is 6.06. The Morgan fingerprint density at radius 2 is 2.10 bits per heavy atom. The monoisotopic (exact) mass is 343 g/mol. The van der Waals surface area contributed by atoms with E-state index in [9.17, 15) is 9.59 Å². The SMILES string of the molecule is CCCN(CC(=O)O)C(=O)Cc1cc(Br)ccc1OC. The highest BCUT2D eigenvalue weighted by molar-refractivity contribution is 9.10. The number of carbonyl (C=O) groups is 2. The Morgan fingerprint density at radius 3 is 2.65 bits per heavy atom. The molecule has 0 heterocycles. The highest BCUT2D eigenvalue weighted by atomic mass is 79.9. The van der Waals surface area contributed by atoms with E-state index in [0.717, 1.165) is 10.0 Å². The molecule has 110 valence electrons. The number of hydrogen-bond acceptors (Lipinski definition) is 3. The zero-order chi connectivity index (χ0) is 15.1. The van der Waals surface area contributed by atoms with Crippen molar-refractivity contribution in [3.63, 3.8) is 0 Å². The quantitative estimate of drug-likeness (QED) is 0.824. The minimum absolute atomic E-state index is 0.121. The van der Waals surface area contributed by atoms with Gasteiger partial charge in [0.15, 0.2) is 0 Å². The van der Waals surface area contributed by atoms with Gasteiger partial charge in [0.25, 0.3) is 0 Å². The molecule has 5 nitrogen and oxygen atoms in total. The molecule has 0 radical (unpaired) electrons. The van der Waals surface area contributed by atoms with E-state index in [1.165, 1.54) is 12.0 Å². The van der Waals surface area contributed by atoms with Gasteiger partial charge in [-0.3, -0.25) is 9.59 Å². The highest BCUT2D eigenvalue weighted by Crippen LogP contribution is 2.23. The molecule has 0 aromatic heterocycles. The van der Waals surface area contributed by atoms with Crippen LogP contribution in [-0.4, -0.2) is 42.1 Å². The number of aliphatic carboxylic acids is 1. The second kappa shape index (κ2) is 7.89. The Morgan fingerprint density at radius 1 is 1.40 bits per heavy atom. The predicted octanol–water partition coefficient (Wildman–Crippen LogP) is 2.32. The summed E-state index contributed by atoms with van der Waals surface area (Å²) in [5.74, 6) is -0.605. The molecule has 0 bridgehead atoms. The van der Waals surface area contributed by atoms with Gasteiger partial charge in [-0.2, -0.15) is 0 Å². The molecule has 0 aliphatic heterocycles. The number of ether oxygens (including phenoxy) is 1. The van der Waals surface area contributed by atoms with Crippen LogP contribution in [0.25, 0.3) is 0 Å². The Bertz CT molecular complexity index is 490. The molecule has 1 amide bonds. The average molecular weight is 344 g/mol. The number of nitrogens with zero attached hydrogens (tertiary/aromatic N) is 1. The molecule has 1 rings (SSSR count). The first-order valence-electron chi connectivity index (χ1n) is 6.30. The van der Waals surface area contributed by atoms with Gasteiger partial charge in [-0.1, -0.05) is 22.9 Å². The smallest absolute Gasteiger partial charge is 0.323 e. The third-order valence-electron chi connectivity index (χ3n) is 2.76. The van der Waals surface area contributed by atoms with Crippen LogP contribution in [0.5, 0.6) is 5.75 Å². The number of methoxy groups -OCH3 is 1. The van der Waals surface area contributed by atoms with Crippen molar-refractivity contribution in [1.82, 2.24) is 4.90 Å². The van der Waals surface area contributed by atoms with Gasteiger partial charge < -0.3 is 14.7 Å². The van der Waals surface area contributed by atoms with Gasteiger partial charge >= 0.3 is 5.97 Å². The molecule has 0 aliphatic rings. The normalized spacial score (nSPS) is 10.2. The van der Waals surface area contributed by atoms with Crippen LogP contribution in [0.15, 0.2) is 22.7 Å². The molecule has 0 aliphatic carbocycles. The zero-order valence-corrected chi connectivity index (χ0v) is 13.1. The first-order chi connectivity index (χ1) is 9.47. The van der Waals surface area contributed by atoms with Crippen LogP contribution in [-0.2, 0) is 16.0 Å². The van der Waals surface area contributed by atoms with Gasteiger partial charge in [-0.15, -0.1) is 0 Å². The molecular weight excluding hydrogens is 326 g/mol. The number of halogens is 1. The van der Waals surface area contributed by atoms with Crippen molar-refractivity contribution in [2.24, 2.45) is 0 Å². The molecule has 0 fully saturated rings. The van der Waals surface area contributed by atoms with Crippen molar-refractivity contribution in [2.45, 2.75) is 19.8 Å². The van der Waals surface area contributed by atoms with Crippen LogP contribution >= 0.6 is 15.9 Å². The summed E-state index contributed by atoms with van der Waals surface area (Å²) in [6.45, 7) is 2.06. The standard InChI is InChI=1S/C14H18BrNO4/c1-3-6-16(9-14(18)19)13(17)8-10-7-11(15)4-5-12(10)20-2/h4-5,7H,3,6,8-9H2,1-2H3,(H,18,19). The van der Waals surface area contributed by atoms with E-state index < -0.39 is 5.97 Å². The maximum atomic E-state index is 12.2. The van der Waals surface area contributed by atoms with Crippen LogP contribution in [0.4, 0.5) is 0 Å². The molecule has 0 saturated carbocycles. The summed E-state index contributed by atoms with van der Waals surface area (Å²) >= 11 is 3.35. The Balaban J connectivity index is 2.86. The average Bonchev–Trinajstić information content (AvgIpc) is 2.38. The molecule has 0 unspecified atom stereocenters. The predicted molar refractivity (Wildman–Crippen MR) is 78.9 cm³/mol. The Labute approximate surface area is 126 Å². The summed E-state index contributed by atoms with van der Waals surface area (Å²) in [6, 6.07) is 5.41. The van der Waals surface area contributed by atoms with Gasteiger partial charge in [0.1, 0.15) is 12.3 Å². The van der Waals surface area contributed by atoms with Gasteiger partial charge in [-0.25, -0.2) is 0 Å². The fraction of sp³-hybridized carbons (Fsp3) is 0.429. The minimum Gasteiger partial charge on any atom is -0.496 e. The fourth-order valence-corrected chi connectivity index (χ4v) is 2.29. The molecule has 20 heavy (non-hydrogen) atoms. The van der Waals surface area contributed by atoms with Crippen LogP contribution in [0, 0.1) is 0 Å². The molecule has 0 spiro atoms. The lowest BCUT2D eigenvalue weighted by Gasteiger charge is -2.20. The second-order valence-electron chi connectivity index (χ2n) is 4.34. The summed E-state index contributed by atoms with van der Waals surface area (Å²) in [7, 11) is 1.54. The van der Waals surface area contributed by atoms with Crippen molar-refractivity contribution in [2.75, 3.05) is 20.2 Å². The molecular formula is C14H18BrNO4. The van der Waals surface area contributed by atoms with E-state index in [4.69, 9.17) is 9.84 Å². The van der Waals surface area contributed by atoms with E-state index >= 15 is 0 Å². The molecule has 0 atom stereocenters. The van der Waals surface area contributed by atoms with Gasteiger partial charge in [-0.05, 0) is 24.6 Å². The lowest BCUT2D eigenvalue weighted by molar-refractivity contribution is -0.144. The van der Waals surface area contributed by atoms with E-state index in [0.29, 0.717) is 18.7 Å². The lowest BCUT2D eigenvalue weighted by atomic mass is 10.1. The number of benzene rings is 1. The topological polar surface area (TPSA) is 66.8 Å². The summed E-state index contributed by atoms with van der Waals surface area (Å²) in [5, 5.41) is 8.84. The Hall–Kier alpha value is -1.56.